The van der Waals surface area contributed by atoms with Gasteiger partial charge in [-0.1, -0.05) is 0 Å². The van der Waals surface area contributed by atoms with Gasteiger partial charge in [0.1, 0.15) is 5.82 Å². The Kier molecular flexibility index (Phi) is 2.42. The SMILES string of the molecule is Nc1c(F)cnc(=O)n1C1CSCO1. The molecule has 2 rings (SSSR count). The number of halogens is 1. The fourth-order valence-electron chi connectivity index (χ4n) is 1.21. The minimum absolute atomic E-state index is 0.225. The van der Waals surface area contributed by atoms with Crippen molar-refractivity contribution in [2.75, 3.05) is 17.4 Å². The highest BCUT2D eigenvalue weighted by molar-refractivity contribution is 7.99. The lowest BCUT2D eigenvalue weighted by Crippen LogP contribution is -2.30. The third-order valence-electron chi connectivity index (χ3n) is 1.89. The topological polar surface area (TPSA) is 70.1 Å². The van der Waals surface area contributed by atoms with E-state index < -0.39 is 17.7 Å². The van der Waals surface area contributed by atoms with Crippen LogP contribution < -0.4 is 11.4 Å². The van der Waals surface area contributed by atoms with Crippen molar-refractivity contribution in [1.82, 2.24) is 9.55 Å². The lowest BCUT2D eigenvalue weighted by Gasteiger charge is -2.14. The van der Waals surface area contributed by atoms with E-state index in [4.69, 9.17) is 10.5 Å². The maximum absolute atomic E-state index is 13.0. The second-order valence-electron chi connectivity index (χ2n) is 2.75. The van der Waals surface area contributed by atoms with Gasteiger partial charge >= 0.3 is 5.69 Å². The van der Waals surface area contributed by atoms with Crippen molar-refractivity contribution in [2.45, 2.75) is 6.23 Å². The van der Waals surface area contributed by atoms with Gasteiger partial charge in [0.15, 0.2) is 12.0 Å². The summed E-state index contributed by atoms with van der Waals surface area (Å²) in [5.74, 6) is 0.130. The van der Waals surface area contributed by atoms with Crippen LogP contribution in [0.25, 0.3) is 0 Å². The molecule has 0 aromatic carbocycles. The van der Waals surface area contributed by atoms with Crippen LogP contribution in [-0.2, 0) is 4.74 Å². The van der Waals surface area contributed by atoms with Crippen molar-refractivity contribution in [3.05, 3.63) is 22.5 Å². The molecule has 1 aliphatic heterocycles. The predicted octanol–water partition coefficient (Wildman–Crippen LogP) is 0.184. The molecule has 1 atom stereocenters. The number of hydrogen-bond donors (Lipinski definition) is 1. The standard InChI is InChI=1S/C7H8FN3O2S/c8-4-1-10-7(12)11(6(4)9)5-2-14-3-13-5/h1,5H,2-3,9H2. The lowest BCUT2D eigenvalue weighted by atomic mass is 10.5. The highest BCUT2D eigenvalue weighted by Gasteiger charge is 2.22. The number of hydrogen-bond acceptors (Lipinski definition) is 5. The molecular weight excluding hydrogens is 209 g/mol. The Morgan fingerprint density at radius 2 is 2.57 bits per heavy atom. The molecule has 1 aromatic rings. The molecule has 2 heterocycles. The van der Waals surface area contributed by atoms with Crippen LogP contribution in [0, 0.1) is 5.82 Å². The maximum Gasteiger partial charge on any atom is 0.351 e. The molecule has 1 unspecified atom stereocenters. The molecule has 1 aromatic heterocycles. The third-order valence-corrected chi connectivity index (χ3v) is 2.71. The smallest absolute Gasteiger partial charge is 0.351 e. The first-order valence-corrected chi connectivity index (χ1v) is 5.07. The molecule has 1 fully saturated rings. The summed E-state index contributed by atoms with van der Waals surface area (Å²) in [6.07, 6.45) is 0.312. The first kappa shape index (κ1) is 9.47. The van der Waals surface area contributed by atoms with Crippen LogP contribution in [0.2, 0.25) is 0 Å². The van der Waals surface area contributed by atoms with Crippen molar-refractivity contribution in [2.24, 2.45) is 0 Å². The van der Waals surface area contributed by atoms with E-state index in [9.17, 15) is 9.18 Å². The lowest BCUT2D eigenvalue weighted by molar-refractivity contribution is 0.0650. The van der Waals surface area contributed by atoms with Crippen LogP contribution in [0.5, 0.6) is 0 Å². The van der Waals surface area contributed by atoms with Gasteiger partial charge in [-0.3, -0.25) is 0 Å². The average Bonchev–Trinajstić information content (AvgIpc) is 2.65. The maximum atomic E-state index is 13.0. The van der Waals surface area contributed by atoms with E-state index >= 15 is 0 Å². The van der Waals surface area contributed by atoms with Crippen LogP contribution in [0.4, 0.5) is 10.2 Å². The molecular formula is C7H8FN3O2S. The average molecular weight is 217 g/mol. The second kappa shape index (κ2) is 3.58. The largest absolute Gasteiger partial charge is 0.382 e. The highest BCUT2D eigenvalue weighted by atomic mass is 32.2. The van der Waals surface area contributed by atoms with Gasteiger partial charge in [0.2, 0.25) is 0 Å². The summed E-state index contributed by atoms with van der Waals surface area (Å²) < 4.78 is 19.2. The molecule has 2 N–H and O–H groups in total. The summed E-state index contributed by atoms with van der Waals surface area (Å²) >= 11 is 1.51. The zero-order chi connectivity index (χ0) is 10.1. The van der Waals surface area contributed by atoms with E-state index in [1.807, 2.05) is 0 Å². The molecule has 1 aliphatic rings. The molecule has 7 heteroatoms. The quantitative estimate of drug-likeness (QED) is 0.726. The van der Waals surface area contributed by atoms with Crippen molar-refractivity contribution in [3.8, 4) is 0 Å². The van der Waals surface area contributed by atoms with E-state index in [0.717, 1.165) is 10.8 Å². The van der Waals surface area contributed by atoms with Gasteiger partial charge in [-0.2, -0.15) is 4.98 Å². The molecule has 76 valence electrons. The Bertz CT molecular complexity index is 402. The summed E-state index contributed by atoms with van der Waals surface area (Å²) in [7, 11) is 0. The second-order valence-corrected chi connectivity index (χ2v) is 3.73. The molecule has 0 bridgehead atoms. The van der Waals surface area contributed by atoms with Crippen molar-refractivity contribution >= 4 is 17.6 Å². The summed E-state index contributed by atoms with van der Waals surface area (Å²) in [6, 6.07) is 0. The van der Waals surface area contributed by atoms with Gasteiger partial charge in [-0.15, -0.1) is 11.8 Å². The fourth-order valence-corrected chi connectivity index (χ4v) is 2.01. The Labute approximate surface area is 83.1 Å². The number of anilines is 1. The van der Waals surface area contributed by atoms with E-state index in [2.05, 4.69) is 4.98 Å². The molecule has 0 spiro atoms. The Morgan fingerprint density at radius 3 is 3.21 bits per heavy atom. The van der Waals surface area contributed by atoms with Crippen LogP contribution in [0.1, 0.15) is 6.23 Å². The monoisotopic (exact) mass is 217 g/mol. The van der Waals surface area contributed by atoms with Gasteiger partial charge in [-0.25, -0.2) is 13.8 Å². The molecule has 0 radical (unpaired) electrons. The van der Waals surface area contributed by atoms with Gasteiger partial charge in [0, 0.05) is 5.75 Å². The molecule has 0 amide bonds. The van der Waals surface area contributed by atoms with E-state index in [1.54, 1.807) is 0 Å². The summed E-state index contributed by atoms with van der Waals surface area (Å²) in [4.78, 5) is 14.6. The number of nitrogens with two attached hydrogens (primary N) is 1. The fraction of sp³-hybridized carbons (Fsp3) is 0.429. The van der Waals surface area contributed by atoms with Gasteiger partial charge in [-0.05, 0) is 0 Å². The zero-order valence-electron chi connectivity index (χ0n) is 7.14. The Morgan fingerprint density at radius 1 is 1.79 bits per heavy atom. The first-order valence-electron chi connectivity index (χ1n) is 3.92. The van der Waals surface area contributed by atoms with Gasteiger partial charge < -0.3 is 10.5 Å². The van der Waals surface area contributed by atoms with Gasteiger partial charge in [0.05, 0.1) is 12.1 Å². The predicted molar refractivity (Wildman–Crippen MR) is 50.3 cm³/mol. The number of ether oxygens (including phenoxy) is 1. The number of thioether (sulfide) groups is 1. The molecule has 1 saturated heterocycles. The minimum atomic E-state index is -0.704. The Balaban J connectivity index is 2.49. The van der Waals surface area contributed by atoms with Crippen LogP contribution in [0.3, 0.4) is 0 Å². The highest BCUT2D eigenvalue weighted by Crippen LogP contribution is 2.25. The summed E-state index contributed by atoms with van der Waals surface area (Å²) in [6.45, 7) is 0. The summed E-state index contributed by atoms with van der Waals surface area (Å²) in [5.41, 5.74) is 4.84. The molecule has 14 heavy (non-hydrogen) atoms. The number of rotatable bonds is 1. The third kappa shape index (κ3) is 1.48. The molecule has 0 aliphatic carbocycles. The van der Waals surface area contributed by atoms with Gasteiger partial charge in [0.25, 0.3) is 0 Å². The van der Waals surface area contributed by atoms with Crippen LogP contribution in [0.15, 0.2) is 11.0 Å². The molecule has 5 nitrogen and oxygen atoms in total. The van der Waals surface area contributed by atoms with Crippen LogP contribution in [-0.4, -0.2) is 21.2 Å². The Hall–Kier alpha value is -1.08. The minimum Gasteiger partial charge on any atom is -0.382 e. The van der Waals surface area contributed by atoms with Crippen molar-refractivity contribution in [3.63, 3.8) is 0 Å². The number of nitrogen functional groups attached to an aromatic ring is 1. The van der Waals surface area contributed by atoms with E-state index in [1.165, 1.54) is 11.8 Å². The van der Waals surface area contributed by atoms with Crippen molar-refractivity contribution in [1.29, 1.82) is 0 Å². The van der Waals surface area contributed by atoms with Crippen molar-refractivity contribution < 1.29 is 9.13 Å². The number of nitrogens with zero attached hydrogens (tertiary/aromatic N) is 2. The van der Waals surface area contributed by atoms with E-state index in [0.29, 0.717) is 11.7 Å². The molecule has 0 saturated carbocycles. The summed E-state index contributed by atoms with van der Waals surface area (Å²) in [5, 5.41) is 0. The van der Waals surface area contributed by atoms with E-state index in [-0.39, 0.29) is 5.82 Å². The normalized spacial score (nSPS) is 21.4. The first-order chi connectivity index (χ1) is 6.70. The zero-order valence-corrected chi connectivity index (χ0v) is 7.96. The van der Waals surface area contributed by atoms with Crippen LogP contribution >= 0.6 is 11.8 Å². The number of aromatic nitrogens is 2.